The van der Waals surface area contributed by atoms with Crippen molar-refractivity contribution in [1.82, 2.24) is 4.90 Å². The van der Waals surface area contributed by atoms with Crippen LogP contribution in [0.4, 0.5) is 0 Å². The van der Waals surface area contributed by atoms with Crippen molar-refractivity contribution in [2.45, 2.75) is 25.5 Å². The van der Waals surface area contributed by atoms with Gasteiger partial charge in [-0.3, -0.25) is 9.59 Å². The highest BCUT2D eigenvalue weighted by molar-refractivity contribution is 6.24. The number of hydrogen-bond donors (Lipinski definition) is 1. The summed E-state index contributed by atoms with van der Waals surface area (Å²) >= 11 is 0. The molecule has 0 spiro atoms. The third kappa shape index (κ3) is 1.98. The molecule has 19 heavy (non-hydrogen) atoms. The average Bonchev–Trinajstić information content (AvgIpc) is 2.44. The Morgan fingerprint density at radius 1 is 1.11 bits per heavy atom. The Balaban J connectivity index is 2.00. The lowest BCUT2D eigenvalue weighted by atomic mass is 9.91. The van der Waals surface area contributed by atoms with Gasteiger partial charge in [-0.25, -0.2) is 0 Å². The molecule has 1 fully saturated rings. The first-order chi connectivity index (χ1) is 9.18. The number of aliphatic hydroxyl groups is 1. The molecule has 1 aromatic rings. The van der Waals surface area contributed by atoms with Crippen molar-refractivity contribution in [3.8, 4) is 0 Å². The summed E-state index contributed by atoms with van der Waals surface area (Å²) in [5.74, 6) is -0.334. The van der Waals surface area contributed by atoms with Crippen molar-refractivity contribution in [3.63, 3.8) is 0 Å². The summed E-state index contributed by atoms with van der Waals surface area (Å²) in [7, 11) is 0. The maximum absolute atomic E-state index is 12.4. The maximum Gasteiger partial charge on any atom is 0.210 e. The minimum atomic E-state index is -0.665. The number of ketones is 2. The van der Waals surface area contributed by atoms with E-state index in [4.69, 9.17) is 0 Å². The summed E-state index contributed by atoms with van der Waals surface area (Å²) in [6.45, 7) is 0.619. The molecule has 3 rings (SSSR count). The van der Waals surface area contributed by atoms with Crippen LogP contribution in [0, 0.1) is 0 Å². The average molecular weight is 257 g/mol. The number of piperidine rings is 1. The number of likely N-dealkylation sites (tertiary alicyclic amines) is 1. The van der Waals surface area contributed by atoms with Gasteiger partial charge in [0.15, 0.2) is 5.78 Å². The number of hydrogen-bond acceptors (Lipinski definition) is 4. The highest BCUT2D eigenvalue weighted by Crippen LogP contribution is 2.27. The standard InChI is InChI=1S/C15H15NO3/c17-13-9-12(16-8-4-3-7-14(16)18)15(19)11-6-2-1-5-10(11)13/h1-2,5-6,9,14,18H,3-4,7-8H2. The largest absolute Gasteiger partial charge is 0.374 e. The van der Waals surface area contributed by atoms with Gasteiger partial charge in [0.05, 0.1) is 5.70 Å². The molecule has 0 bridgehead atoms. The van der Waals surface area contributed by atoms with Crippen molar-refractivity contribution in [2.24, 2.45) is 0 Å². The molecular weight excluding hydrogens is 242 g/mol. The molecule has 2 aliphatic rings. The van der Waals surface area contributed by atoms with E-state index in [0.717, 1.165) is 12.8 Å². The summed E-state index contributed by atoms with van der Waals surface area (Å²) < 4.78 is 0. The van der Waals surface area contributed by atoms with Gasteiger partial charge in [-0.2, -0.15) is 0 Å². The smallest absolute Gasteiger partial charge is 0.210 e. The van der Waals surface area contributed by atoms with E-state index in [9.17, 15) is 14.7 Å². The molecule has 1 unspecified atom stereocenters. The monoisotopic (exact) mass is 257 g/mol. The first-order valence-corrected chi connectivity index (χ1v) is 6.53. The van der Waals surface area contributed by atoms with Crippen LogP contribution < -0.4 is 0 Å². The number of benzene rings is 1. The molecule has 1 aliphatic heterocycles. The first kappa shape index (κ1) is 12.1. The molecule has 1 heterocycles. The van der Waals surface area contributed by atoms with Crippen LogP contribution in [0.2, 0.25) is 0 Å². The quantitative estimate of drug-likeness (QED) is 0.832. The molecule has 4 nitrogen and oxygen atoms in total. The lowest BCUT2D eigenvalue weighted by Gasteiger charge is -2.36. The highest BCUT2D eigenvalue weighted by Gasteiger charge is 2.32. The second-order valence-corrected chi connectivity index (χ2v) is 4.94. The molecule has 1 aliphatic carbocycles. The van der Waals surface area contributed by atoms with Gasteiger partial charge in [-0.15, -0.1) is 0 Å². The Bertz CT molecular complexity index is 577. The van der Waals surface area contributed by atoms with Gasteiger partial charge in [0.1, 0.15) is 6.23 Å². The fraction of sp³-hybridized carbons (Fsp3) is 0.333. The van der Waals surface area contributed by atoms with Crippen molar-refractivity contribution in [2.75, 3.05) is 6.54 Å². The van der Waals surface area contributed by atoms with Crippen molar-refractivity contribution >= 4 is 11.6 Å². The number of carbonyl (C=O) groups excluding carboxylic acids is 2. The molecule has 0 amide bonds. The first-order valence-electron chi connectivity index (χ1n) is 6.53. The Kier molecular flexibility index (Phi) is 2.95. The fourth-order valence-electron chi connectivity index (χ4n) is 2.71. The van der Waals surface area contributed by atoms with Gasteiger partial charge >= 0.3 is 0 Å². The van der Waals surface area contributed by atoms with Gasteiger partial charge in [-0.1, -0.05) is 24.3 Å². The Hall–Kier alpha value is -1.94. The van der Waals surface area contributed by atoms with Crippen LogP contribution in [-0.2, 0) is 0 Å². The number of nitrogens with zero attached hydrogens (tertiary/aromatic N) is 1. The molecule has 1 aromatic carbocycles. The second-order valence-electron chi connectivity index (χ2n) is 4.94. The summed E-state index contributed by atoms with van der Waals surface area (Å²) in [6, 6.07) is 6.83. The SMILES string of the molecule is O=C1C=C(N2CCCCC2O)C(=O)c2ccccc21. The van der Waals surface area contributed by atoms with Crippen LogP contribution in [-0.4, -0.2) is 34.3 Å². The van der Waals surface area contributed by atoms with E-state index in [1.54, 1.807) is 29.2 Å². The summed E-state index contributed by atoms with van der Waals surface area (Å²) in [5, 5.41) is 9.99. The van der Waals surface area contributed by atoms with Gasteiger partial charge in [-0.05, 0) is 19.3 Å². The van der Waals surface area contributed by atoms with Crippen molar-refractivity contribution in [3.05, 3.63) is 47.2 Å². The zero-order chi connectivity index (χ0) is 13.4. The van der Waals surface area contributed by atoms with E-state index in [2.05, 4.69) is 0 Å². The molecular formula is C15H15NO3. The highest BCUT2D eigenvalue weighted by atomic mass is 16.3. The van der Waals surface area contributed by atoms with Gasteiger partial charge in [0.25, 0.3) is 0 Å². The molecule has 4 heteroatoms. The lowest BCUT2D eigenvalue weighted by Crippen LogP contribution is -2.42. The summed E-state index contributed by atoms with van der Waals surface area (Å²) in [6.07, 6.45) is 3.21. The number of allylic oxidation sites excluding steroid dienone is 2. The zero-order valence-corrected chi connectivity index (χ0v) is 10.5. The minimum absolute atomic E-state index is 0.164. The Labute approximate surface area is 111 Å². The van der Waals surface area contributed by atoms with E-state index in [1.807, 2.05) is 0 Å². The normalized spacial score (nSPS) is 23.1. The fourth-order valence-corrected chi connectivity index (χ4v) is 2.71. The zero-order valence-electron chi connectivity index (χ0n) is 10.5. The Morgan fingerprint density at radius 2 is 1.84 bits per heavy atom. The van der Waals surface area contributed by atoms with E-state index in [0.29, 0.717) is 29.8 Å². The molecule has 0 aromatic heterocycles. The minimum Gasteiger partial charge on any atom is -0.374 e. The topological polar surface area (TPSA) is 57.6 Å². The van der Waals surface area contributed by atoms with Crippen molar-refractivity contribution in [1.29, 1.82) is 0 Å². The predicted octanol–water partition coefficient (Wildman–Crippen LogP) is 1.75. The van der Waals surface area contributed by atoms with E-state index in [1.165, 1.54) is 6.08 Å². The molecule has 1 N–H and O–H groups in total. The maximum atomic E-state index is 12.4. The van der Waals surface area contributed by atoms with E-state index < -0.39 is 6.23 Å². The lowest BCUT2D eigenvalue weighted by molar-refractivity contribution is -0.000717. The number of Topliss-reactive ketones (excluding diaryl/α,β-unsaturated/α-hetero) is 1. The number of aliphatic hydroxyl groups excluding tert-OH is 1. The Morgan fingerprint density at radius 3 is 2.58 bits per heavy atom. The van der Waals surface area contributed by atoms with Crippen LogP contribution in [0.5, 0.6) is 0 Å². The van der Waals surface area contributed by atoms with E-state index in [-0.39, 0.29) is 11.6 Å². The molecule has 1 atom stereocenters. The van der Waals surface area contributed by atoms with Gasteiger partial charge in [0, 0.05) is 23.7 Å². The second kappa shape index (κ2) is 4.63. The number of carbonyl (C=O) groups is 2. The number of rotatable bonds is 1. The van der Waals surface area contributed by atoms with Gasteiger partial charge in [0.2, 0.25) is 5.78 Å². The van der Waals surface area contributed by atoms with Crippen molar-refractivity contribution < 1.29 is 14.7 Å². The van der Waals surface area contributed by atoms with Gasteiger partial charge < -0.3 is 10.0 Å². The predicted molar refractivity (Wildman–Crippen MR) is 69.7 cm³/mol. The molecule has 0 radical (unpaired) electrons. The van der Waals surface area contributed by atoms with Crippen LogP contribution in [0.3, 0.4) is 0 Å². The molecule has 98 valence electrons. The van der Waals surface area contributed by atoms with Crippen LogP contribution >= 0.6 is 0 Å². The third-order valence-corrected chi connectivity index (χ3v) is 3.72. The molecule has 0 saturated carbocycles. The third-order valence-electron chi connectivity index (χ3n) is 3.72. The van der Waals surface area contributed by atoms with E-state index >= 15 is 0 Å². The number of fused-ring (bicyclic) bond motifs is 1. The summed E-state index contributed by atoms with van der Waals surface area (Å²) in [5.41, 5.74) is 1.21. The summed E-state index contributed by atoms with van der Waals surface area (Å²) in [4.78, 5) is 26.1. The van der Waals surface area contributed by atoms with Crippen LogP contribution in [0.1, 0.15) is 40.0 Å². The van der Waals surface area contributed by atoms with Crippen LogP contribution in [0.15, 0.2) is 36.0 Å². The van der Waals surface area contributed by atoms with Crippen LogP contribution in [0.25, 0.3) is 0 Å². The molecule has 1 saturated heterocycles.